The summed E-state index contributed by atoms with van der Waals surface area (Å²) in [5.41, 5.74) is 0. The highest BCUT2D eigenvalue weighted by Gasteiger charge is 2.23. The van der Waals surface area contributed by atoms with Crippen molar-refractivity contribution in [2.75, 3.05) is 32.8 Å². The second-order valence-electron chi connectivity index (χ2n) is 4.70. The first-order chi connectivity index (χ1) is 7.24. The van der Waals surface area contributed by atoms with E-state index in [-0.39, 0.29) is 0 Å². The van der Waals surface area contributed by atoms with Gasteiger partial charge in [0.25, 0.3) is 0 Å². The van der Waals surface area contributed by atoms with Crippen LogP contribution in [0.15, 0.2) is 0 Å². The van der Waals surface area contributed by atoms with Crippen molar-refractivity contribution < 1.29 is 4.74 Å². The van der Waals surface area contributed by atoms with Gasteiger partial charge in [0.05, 0.1) is 6.10 Å². The molecule has 3 atom stereocenters. The molecule has 2 N–H and O–H groups in total. The topological polar surface area (TPSA) is 33.3 Å². The first kappa shape index (κ1) is 12.9. The minimum atomic E-state index is 0.446. The fraction of sp³-hybridized carbons (Fsp3) is 1.00. The van der Waals surface area contributed by atoms with Crippen LogP contribution in [0.1, 0.15) is 27.2 Å². The summed E-state index contributed by atoms with van der Waals surface area (Å²) in [6, 6.07) is 0. The van der Waals surface area contributed by atoms with Crippen LogP contribution in [0.5, 0.6) is 0 Å². The van der Waals surface area contributed by atoms with Crippen LogP contribution in [-0.4, -0.2) is 38.9 Å². The molecule has 3 unspecified atom stereocenters. The van der Waals surface area contributed by atoms with Crippen LogP contribution < -0.4 is 10.6 Å². The standard InChI is InChI=1S/C12H26N2O/c1-4-13-7-10(2)8-14-9-12-5-6-15-11(12)3/h10-14H,4-9H2,1-3H3. The normalized spacial score (nSPS) is 28.2. The van der Waals surface area contributed by atoms with E-state index in [2.05, 4.69) is 31.4 Å². The summed E-state index contributed by atoms with van der Waals surface area (Å²) in [5.74, 6) is 1.43. The van der Waals surface area contributed by atoms with Gasteiger partial charge in [0.15, 0.2) is 0 Å². The van der Waals surface area contributed by atoms with Crippen molar-refractivity contribution in [3.05, 3.63) is 0 Å². The van der Waals surface area contributed by atoms with Crippen LogP contribution in [0.25, 0.3) is 0 Å². The Kier molecular flexibility index (Phi) is 6.22. The zero-order valence-corrected chi connectivity index (χ0v) is 10.4. The summed E-state index contributed by atoms with van der Waals surface area (Å²) >= 11 is 0. The van der Waals surface area contributed by atoms with Crippen LogP contribution >= 0.6 is 0 Å². The number of ether oxygens (including phenoxy) is 1. The fourth-order valence-corrected chi connectivity index (χ4v) is 2.02. The summed E-state index contributed by atoms with van der Waals surface area (Å²) in [5, 5.41) is 6.92. The third-order valence-electron chi connectivity index (χ3n) is 3.18. The minimum absolute atomic E-state index is 0.446. The van der Waals surface area contributed by atoms with Gasteiger partial charge in [-0.2, -0.15) is 0 Å². The molecule has 0 amide bonds. The molecule has 1 heterocycles. The minimum Gasteiger partial charge on any atom is -0.378 e. The van der Waals surface area contributed by atoms with E-state index >= 15 is 0 Å². The molecule has 0 aromatic heterocycles. The molecule has 1 rings (SSSR count). The van der Waals surface area contributed by atoms with Gasteiger partial charge in [0, 0.05) is 13.2 Å². The van der Waals surface area contributed by atoms with Gasteiger partial charge in [-0.1, -0.05) is 13.8 Å². The van der Waals surface area contributed by atoms with E-state index in [1.54, 1.807) is 0 Å². The van der Waals surface area contributed by atoms with Gasteiger partial charge in [-0.15, -0.1) is 0 Å². The van der Waals surface area contributed by atoms with Gasteiger partial charge in [-0.3, -0.25) is 0 Å². The summed E-state index contributed by atoms with van der Waals surface area (Å²) in [7, 11) is 0. The van der Waals surface area contributed by atoms with E-state index in [9.17, 15) is 0 Å². The Balaban J connectivity index is 2.00. The van der Waals surface area contributed by atoms with Gasteiger partial charge in [-0.05, 0) is 44.8 Å². The van der Waals surface area contributed by atoms with Gasteiger partial charge in [0.2, 0.25) is 0 Å². The number of rotatable bonds is 7. The quantitative estimate of drug-likeness (QED) is 0.669. The third-order valence-corrected chi connectivity index (χ3v) is 3.18. The Morgan fingerprint density at radius 2 is 2.07 bits per heavy atom. The summed E-state index contributed by atoms with van der Waals surface area (Å²) in [6.45, 7) is 12.0. The lowest BCUT2D eigenvalue weighted by Crippen LogP contribution is -2.33. The zero-order chi connectivity index (χ0) is 11.1. The Labute approximate surface area is 94.0 Å². The molecule has 0 spiro atoms. The lowest BCUT2D eigenvalue weighted by atomic mass is 10.0. The monoisotopic (exact) mass is 214 g/mol. The van der Waals surface area contributed by atoms with Gasteiger partial charge in [-0.25, -0.2) is 0 Å². The highest BCUT2D eigenvalue weighted by Crippen LogP contribution is 2.19. The third kappa shape index (κ3) is 4.96. The van der Waals surface area contributed by atoms with Crippen molar-refractivity contribution >= 4 is 0 Å². The molecular weight excluding hydrogens is 188 g/mol. The summed E-state index contributed by atoms with van der Waals surface area (Å²) in [6.07, 6.45) is 1.66. The predicted octanol–water partition coefficient (Wildman–Crippen LogP) is 1.25. The molecule has 0 aromatic carbocycles. The SMILES string of the molecule is CCNCC(C)CNCC1CCOC1C. The van der Waals surface area contributed by atoms with Crippen molar-refractivity contribution in [2.24, 2.45) is 11.8 Å². The molecule has 0 saturated carbocycles. The van der Waals surface area contributed by atoms with Crippen molar-refractivity contribution in [1.29, 1.82) is 0 Å². The molecule has 15 heavy (non-hydrogen) atoms. The molecule has 0 aliphatic carbocycles. The van der Waals surface area contributed by atoms with E-state index < -0.39 is 0 Å². The van der Waals surface area contributed by atoms with E-state index in [1.807, 2.05) is 0 Å². The van der Waals surface area contributed by atoms with Gasteiger partial charge >= 0.3 is 0 Å². The molecule has 0 aromatic rings. The van der Waals surface area contributed by atoms with E-state index in [0.29, 0.717) is 12.0 Å². The van der Waals surface area contributed by atoms with Crippen LogP contribution in [0, 0.1) is 11.8 Å². The highest BCUT2D eigenvalue weighted by atomic mass is 16.5. The molecule has 3 heteroatoms. The number of hydrogen-bond donors (Lipinski definition) is 2. The maximum Gasteiger partial charge on any atom is 0.0588 e. The summed E-state index contributed by atoms with van der Waals surface area (Å²) in [4.78, 5) is 0. The second-order valence-corrected chi connectivity index (χ2v) is 4.70. The second kappa shape index (κ2) is 7.20. The van der Waals surface area contributed by atoms with Crippen molar-refractivity contribution in [1.82, 2.24) is 10.6 Å². The molecule has 3 nitrogen and oxygen atoms in total. The lowest BCUT2D eigenvalue weighted by molar-refractivity contribution is 0.105. The maximum atomic E-state index is 5.54. The largest absolute Gasteiger partial charge is 0.378 e. The molecule has 1 aliphatic rings. The van der Waals surface area contributed by atoms with Crippen molar-refractivity contribution in [3.8, 4) is 0 Å². The van der Waals surface area contributed by atoms with Crippen LogP contribution in [0.4, 0.5) is 0 Å². The lowest BCUT2D eigenvalue weighted by Gasteiger charge is -2.17. The van der Waals surface area contributed by atoms with E-state index in [1.165, 1.54) is 6.42 Å². The zero-order valence-electron chi connectivity index (χ0n) is 10.4. The molecule has 0 radical (unpaired) electrons. The van der Waals surface area contributed by atoms with Gasteiger partial charge in [0.1, 0.15) is 0 Å². The van der Waals surface area contributed by atoms with Crippen LogP contribution in [0.3, 0.4) is 0 Å². The average molecular weight is 214 g/mol. The highest BCUT2D eigenvalue weighted by molar-refractivity contribution is 4.75. The fourth-order valence-electron chi connectivity index (χ4n) is 2.02. The Bertz CT molecular complexity index is 164. The predicted molar refractivity (Wildman–Crippen MR) is 64.1 cm³/mol. The molecule has 1 fully saturated rings. The molecule has 0 bridgehead atoms. The van der Waals surface area contributed by atoms with Crippen molar-refractivity contribution in [3.63, 3.8) is 0 Å². The van der Waals surface area contributed by atoms with Crippen LogP contribution in [0.2, 0.25) is 0 Å². The Morgan fingerprint density at radius 3 is 2.67 bits per heavy atom. The molecule has 90 valence electrons. The first-order valence-electron chi connectivity index (χ1n) is 6.27. The molecule has 1 saturated heterocycles. The number of nitrogens with one attached hydrogen (secondary N) is 2. The Morgan fingerprint density at radius 1 is 1.33 bits per heavy atom. The van der Waals surface area contributed by atoms with Crippen LogP contribution in [-0.2, 0) is 4.74 Å². The van der Waals surface area contributed by atoms with Crippen molar-refractivity contribution in [2.45, 2.75) is 33.3 Å². The van der Waals surface area contributed by atoms with E-state index in [0.717, 1.165) is 38.7 Å². The molecular formula is C12H26N2O. The van der Waals surface area contributed by atoms with Gasteiger partial charge < -0.3 is 15.4 Å². The molecule has 1 aliphatic heterocycles. The smallest absolute Gasteiger partial charge is 0.0588 e. The maximum absolute atomic E-state index is 5.54. The summed E-state index contributed by atoms with van der Waals surface area (Å²) < 4.78 is 5.54. The van der Waals surface area contributed by atoms with E-state index in [4.69, 9.17) is 4.74 Å². The first-order valence-corrected chi connectivity index (χ1v) is 6.27. The average Bonchev–Trinajstić information content (AvgIpc) is 2.61. The Hall–Kier alpha value is -0.120. The number of hydrogen-bond acceptors (Lipinski definition) is 3.